The van der Waals surface area contributed by atoms with Gasteiger partial charge in [-0.05, 0) is 29.8 Å². The summed E-state index contributed by atoms with van der Waals surface area (Å²) in [4.78, 5) is 6.21. The molecule has 1 atom stereocenters. The van der Waals surface area contributed by atoms with E-state index in [4.69, 9.17) is 0 Å². The van der Waals surface area contributed by atoms with E-state index in [1.54, 1.807) is 12.4 Å². The minimum atomic E-state index is -0.466. The van der Waals surface area contributed by atoms with E-state index in [-0.39, 0.29) is 0 Å². The highest BCUT2D eigenvalue weighted by molar-refractivity contribution is 5.15. The molecule has 0 radical (unpaired) electrons. The van der Waals surface area contributed by atoms with E-state index >= 15 is 0 Å². The second-order valence-electron chi connectivity index (χ2n) is 4.61. The van der Waals surface area contributed by atoms with E-state index in [9.17, 15) is 5.11 Å². The van der Waals surface area contributed by atoms with Crippen LogP contribution in [0.2, 0.25) is 0 Å². The number of hydrogen-bond acceptors (Lipinski definition) is 3. The SMILES string of the molecule is CCN(Cc1ccccc1)CC(O)c1ccncc1. The highest BCUT2D eigenvalue weighted by Gasteiger charge is 2.12. The average molecular weight is 256 g/mol. The molecule has 100 valence electrons. The van der Waals surface area contributed by atoms with Crippen LogP contribution in [0.1, 0.15) is 24.2 Å². The van der Waals surface area contributed by atoms with Crippen LogP contribution in [0.15, 0.2) is 54.9 Å². The van der Waals surface area contributed by atoms with Crippen LogP contribution in [0.5, 0.6) is 0 Å². The lowest BCUT2D eigenvalue weighted by Crippen LogP contribution is -2.28. The molecule has 1 unspecified atom stereocenters. The normalized spacial score (nSPS) is 12.6. The van der Waals surface area contributed by atoms with E-state index in [0.717, 1.165) is 18.7 Å². The first-order valence-electron chi connectivity index (χ1n) is 6.64. The molecule has 1 aromatic heterocycles. The largest absolute Gasteiger partial charge is 0.387 e. The number of aliphatic hydroxyl groups excluding tert-OH is 1. The highest BCUT2D eigenvalue weighted by atomic mass is 16.3. The van der Waals surface area contributed by atoms with Gasteiger partial charge in [0.15, 0.2) is 0 Å². The van der Waals surface area contributed by atoms with Crippen molar-refractivity contribution in [3.8, 4) is 0 Å². The topological polar surface area (TPSA) is 36.4 Å². The van der Waals surface area contributed by atoms with Crippen molar-refractivity contribution in [1.82, 2.24) is 9.88 Å². The first-order valence-corrected chi connectivity index (χ1v) is 6.64. The Hall–Kier alpha value is -1.71. The Bertz CT molecular complexity index is 473. The number of pyridine rings is 1. The summed E-state index contributed by atoms with van der Waals surface area (Å²) in [6, 6.07) is 14.1. The second kappa shape index (κ2) is 7.02. The molecular weight excluding hydrogens is 236 g/mol. The van der Waals surface area contributed by atoms with Gasteiger partial charge < -0.3 is 5.11 Å². The lowest BCUT2D eigenvalue weighted by atomic mass is 10.1. The number of likely N-dealkylation sites (N-methyl/N-ethyl adjacent to an activating group) is 1. The van der Waals surface area contributed by atoms with Crippen molar-refractivity contribution >= 4 is 0 Å². The van der Waals surface area contributed by atoms with E-state index in [0.29, 0.717) is 6.54 Å². The van der Waals surface area contributed by atoms with Gasteiger partial charge in [-0.15, -0.1) is 0 Å². The molecule has 1 heterocycles. The molecule has 0 fully saturated rings. The summed E-state index contributed by atoms with van der Waals surface area (Å²) in [6.45, 7) is 4.52. The molecule has 1 N–H and O–H groups in total. The van der Waals surface area contributed by atoms with Crippen molar-refractivity contribution in [1.29, 1.82) is 0 Å². The first-order chi connectivity index (χ1) is 9.29. The molecule has 0 bridgehead atoms. The Kier molecular flexibility index (Phi) is 5.07. The number of aliphatic hydroxyl groups is 1. The fourth-order valence-corrected chi connectivity index (χ4v) is 2.08. The van der Waals surface area contributed by atoms with Gasteiger partial charge >= 0.3 is 0 Å². The van der Waals surface area contributed by atoms with Crippen LogP contribution in [-0.4, -0.2) is 28.1 Å². The van der Waals surface area contributed by atoms with Gasteiger partial charge in [0.05, 0.1) is 6.10 Å². The van der Waals surface area contributed by atoms with Crippen molar-refractivity contribution in [3.63, 3.8) is 0 Å². The van der Waals surface area contributed by atoms with Gasteiger partial charge in [0.1, 0.15) is 0 Å². The van der Waals surface area contributed by atoms with Crippen molar-refractivity contribution in [2.45, 2.75) is 19.6 Å². The average Bonchev–Trinajstić information content (AvgIpc) is 2.48. The quantitative estimate of drug-likeness (QED) is 0.863. The third-order valence-corrected chi connectivity index (χ3v) is 3.22. The predicted octanol–water partition coefficient (Wildman–Crippen LogP) is 2.64. The zero-order valence-corrected chi connectivity index (χ0v) is 11.2. The summed E-state index contributed by atoms with van der Waals surface area (Å²) in [7, 11) is 0. The predicted molar refractivity (Wildman–Crippen MR) is 76.6 cm³/mol. The van der Waals surface area contributed by atoms with Gasteiger partial charge in [-0.1, -0.05) is 37.3 Å². The monoisotopic (exact) mass is 256 g/mol. The van der Waals surface area contributed by atoms with Crippen molar-refractivity contribution < 1.29 is 5.11 Å². The Labute approximate surface area is 114 Å². The first kappa shape index (κ1) is 13.7. The van der Waals surface area contributed by atoms with E-state index in [1.165, 1.54) is 5.56 Å². The summed E-state index contributed by atoms with van der Waals surface area (Å²) >= 11 is 0. The molecule has 3 heteroatoms. The standard InChI is InChI=1S/C16H20N2O/c1-2-18(12-14-6-4-3-5-7-14)13-16(19)15-8-10-17-11-9-15/h3-11,16,19H,2,12-13H2,1H3. The summed E-state index contributed by atoms with van der Waals surface area (Å²) in [5, 5.41) is 10.2. The minimum Gasteiger partial charge on any atom is -0.387 e. The molecule has 0 aliphatic heterocycles. The molecule has 0 aliphatic carbocycles. The van der Waals surface area contributed by atoms with Crippen molar-refractivity contribution in [2.75, 3.05) is 13.1 Å². The summed E-state index contributed by atoms with van der Waals surface area (Å²) in [5.41, 5.74) is 2.19. The molecule has 0 saturated heterocycles. The lowest BCUT2D eigenvalue weighted by Gasteiger charge is -2.23. The molecule has 2 aromatic rings. The van der Waals surface area contributed by atoms with Gasteiger partial charge in [0.25, 0.3) is 0 Å². The molecule has 2 rings (SSSR count). The molecule has 0 saturated carbocycles. The van der Waals surface area contributed by atoms with Gasteiger partial charge in [0.2, 0.25) is 0 Å². The molecule has 0 spiro atoms. The van der Waals surface area contributed by atoms with Gasteiger partial charge in [-0.3, -0.25) is 9.88 Å². The lowest BCUT2D eigenvalue weighted by molar-refractivity contribution is 0.112. The third-order valence-electron chi connectivity index (χ3n) is 3.22. The Morgan fingerprint density at radius 2 is 1.79 bits per heavy atom. The van der Waals surface area contributed by atoms with E-state index in [1.807, 2.05) is 30.3 Å². The summed E-state index contributed by atoms with van der Waals surface area (Å²) < 4.78 is 0. The third kappa shape index (κ3) is 4.16. The molecule has 19 heavy (non-hydrogen) atoms. The van der Waals surface area contributed by atoms with Crippen LogP contribution in [0.3, 0.4) is 0 Å². The zero-order valence-electron chi connectivity index (χ0n) is 11.2. The molecular formula is C16H20N2O. The van der Waals surface area contributed by atoms with Crippen LogP contribution < -0.4 is 0 Å². The molecule has 0 aliphatic rings. The fourth-order valence-electron chi connectivity index (χ4n) is 2.08. The van der Waals surface area contributed by atoms with Crippen LogP contribution in [0.4, 0.5) is 0 Å². The summed E-state index contributed by atoms with van der Waals surface area (Å²) in [5.74, 6) is 0. The van der Waals surface area contributed by atoms with Gasteiger partial charge in [0, 0.05) is 25.5 Å². The Balaban J connectivity index is 1.96. The number of rotatable bonds is 6. The molecule has 3 nitrogen and oxygen atoms in total. The van der Waals surface area contributed by atoms with Crippen molar-refractivity contribution in [2.24, 2.45) is 0 Å². The smallest absolute Gasteiger partial charge is 0.0918 e. The maximum Gasteiger partial charge on any atom is 0.0918 e. The van der Waals surface area contributed by atoms with Gasteiger partial charge in [-0.25, -0.2) is 0 Å². The van der Waals surface area contributed by atoms with E-state index in [2.05, 4.69) is 28.9 Å². The maximum atomic E-state index is 10.2. The molecule has 0 amide bonds. The van der Waals surface area contributed by atoms with Crippen LogP contribution >= 0.6 is 0 Å². The van der Waals surface area contributed by atoms with E-state index < -0.39 is 6.10 Å². The Morgan fingerprint density at radius 1 is 1.11 bits per heavy atom. The maximum absolute atomic E-state index is 10.2. The fraction of sp³-hybridized carbons (Fsp3) is 0.312. The highest BCUT2D eigenvalue weighted by Crippen LogP contribution is 2.14. The second-order valence-corrected chi connectivity index (χ2v) is 4.61. The summed E-state index contributed by atoms with van der Waals surface area (Å²) in [6.07, 6.45) is 2.96. The number of hydrogen-bond donors (Lipinski definition) is 1. The number of benzene rings is 1. The van der Waals surface area contributed by atoms with Crippen LogP contribution in [0, 0.1) is 0 Å². The van der Waals surface area contributed by atoms with Crippen LogP contribution in [-0.2, 0) is 6.54 Å². The molecule has 1 aromatic carbocycles. The number of aromatic nitrogens is 1. The number of nitrogens with zero attached hydrogens (tertiary/aromatic N) is 2. The minimum absolute atomic E-state index is 0.466. The van der Waals surface area contributed by atoms with Crippen molar-refractivity contribution in [3.05, 3.63) is 66.0 Å². The van der Waals surface area contributed by atoms with Gasteiger partial charge in [-0.2, -0.15) is 0 Å². The van der Waals surface area contributed by atoms with Crippen LogP contribution in [0.25, 0.3) is 0 Å². The zero-order chi connectivity index (χ0) is 13.5. The Morgan fingerprint density at radius 3 is 2.42 bits per heavy atom.